The van der Waals surface area contributed by atoms with Crippen molar-refractivity contribution in [1.29, 1.82) is 0 Å². The van der Waals surface area contributed by atoms with E-state index in [9.17, 15) is 0 Å². The fourth-order valence-corrected chi connectivity index (χ4v) is 2.55. The van der Waals surface area contributed by atoms with Gasteiger partial charge >= 0.3 is 0 Å². The van der Waals surface area contributed by atoms with Crippen molar-refractivity contribution in [2.75, 3.05) is 6.54 Å². The van der Waals surface area contributed by atoms with Crippen LogP contribution in [-0.2, 0) is 0 Å². The molecule has 1 heterocycles. The van der Waals surface area contributed by atoms with E-state index in [1.54, 1.807) is 0 Å². The Labute approximate surface area is 108 Å². The van der Waals surface area contributed by atoms with E-state index < -0.39 is 0 Å². The molecule has 3 rings (SSSR count). The molecule has 1 aromatic heterocycles. The van der Waals surface area contributed by atoms with Gasteiger partial charge in [-0.1, -0.05) is 38.0 Å². The normalized spacial score (nSPS) is 16.9. The molecule has 2 heteroatoms. The summed E-state index contributed by atoms with van der Waals surface area (Å²) in [7, 11) is 0. The van der Waals surface area contributed by atoms with Crippen LogP contribution in [0.4, 0.5) is 0 Å². The van der Waals surface area contributed by atoms with Gasteiger partial charge < -0.3 is 5.32 Å². The van der Waals surface area contributed by atoms with Gasteiger partial charge in [-0.2, -0.15) is 0 Å². The lowest BCUT2D eigenvalue weighted by Crippen LogP contribution is -2.21. The van der Waals surface area contributed by atoms with E-state index >= 15 is 0 Å². The van der Waals surface area contributed by atoms with E-state index in [0.29, 0.717) is 6.04 Å². The van der Waals surface area contributed by atoms with Crippen LogP contribution in [0.25, 0.3) is 10.9 Å². The summed E-state index contributed by atoms with van der Waals surface area (Å²) in [6.07, 6.45) is 6.11. The van der Waals surface area contributed by atoms with Gasteiger partial charge in [-0.25, -0.2) is 0 Å². The Morgan fingerprint density at radius 3 is 2.94 bits per heavy atom. The summed E-state index contributed by atoms with van der Waals surface area (Å²) in [6, 6.07) is 11.1. The Morgan fingerprint density at radius 2 is 2.17 bits per heavy atom. The fraction of sp³-hybridized carbons (Fsp3) is 0.438. The largest absolute Gasteiger partial charge is 0.310 e. The number of pyridine rings is 1. The highest BCUT2D eigenvalue weighted by Gasteiger charge is 2.26. The molecule has 1 atom stereocenters. The Kier molecular flexibility index (Phi) is 3.28. The van der Waals surface area contributed by atoms with Crippen molar-refractivity contribution in [3.63, 3.8) is 0 Å². The lowest BCUT2D eigenvalue weighted by molar-refractivity contribution is 0.486. The third kappa shape index (κ3) is 2.54. The van der Waals surface area contributed by atoms with Crippen LogP contribution in [0.3, 0.4) is 0 Å². The fourth-order valence-electron chi connectivity index (χ4n) is 2.55. The number of hydrogen-bond acceptors (Lipinski definition) is 2. The lowest BCUT2D eigenvalue weighted by atomic mass is 10.0. The number of aromatic nitrogens is 1. The number of fused-ring (bicyclic) bond motifs is 1. The number of nitrogens with one attached hydrogen (secondary N) is 1. The Balaban J connectivity index is 1.89. The molecule has 0 spiro atoms. The highest BCUT2D eigenvalue weighted by Crippen LogP contribution is 2.37. The summed E-state index contributed by atoms with van der Waals surface area (Å²) in [5.74, 6) is 0.931. The first-order chi connectivity index (χ1) is 8.86. The van der Waals surface area contributed by atoms with Crippen LogP contribution in [-0.4, -0.2) is 11.5 Å². The molecule has 1 saturated carbocycles. The Hall–Kier alpha value is -1.41. The minimum Gasteiger partial charge on any atom is -0.310 e. The van der Waals surface area contributed by atoms with Gasteiger partial charge in [0.1, 0.15) is 0 Å². The van der Waals surface area contributed by atoms with Crippen molar-refractivity contribution in [2.45, 2.75) is 32.2 Å². The molecule has 1 unspecified atom stereocenters. The van der Waals surface area contributed by atoms with Gasteiger partial charge in [0.15, 0.2) is 0 Å². The first kappa shape index (κ1) is 11.7. The zero-order chi connectivity index (χ0) is 12.4. The predicted octanol–water partition coefficient (Wildman–Crippen LogP) is 3.69. The third-order valence-electron chi connectivity index (χ3n) is 3.73. The highest BCUT2D eigenvalue weighted by atomic mass is 14.9. The van der Waals surface area contributed by atoms with Gasteiger partial charge in [-0.05, 0) is 36.6 Å². The van der Waals surface area contributed by atoms with Crippen LogP contribution in [0.2, 0.25) is 0 Å². The van der Waals surface area contributed by atoms with Gasteiger partial charge in [0.25, 0.3) is 0 Å². The van der Waals surface area contributed by atoms with Crippen molar-refractivity contribution in [3.8, 4) is 0 Å². The van der Waals surface area contributed by atoms with E-state index in [4.69, 9.17) is 0 Å². The standard InChI is InChI=1S/C16H20N2/c1-2-17-16(9-12-7-8-12)14-10-13-5-3-4-6-15(13)18-11-14/h3-6,10-12,16-17H,2,7-9H2,1H3. The average molecular weight is 240 g/mol. The molecule has 0 amide bonds. The Bertz CT molecular complexity index is 531. The zero-order valence-corrected chi connectivity index (χ0v) is 10.9. The topological polar surface area (TPSA) is 24.9 Å². The van der Waals surface area contributed by atoms with E-state index in [2.05, 4.69) is 41.5 Å². The molecule has 1 aliphatic rings. The monoisotopic (exact) mass is 240 g/mol. The molecular formula is C16H20N2. The zero-order valence-electron chi connectivity index (χ0n) is 10.9. The summed E-state index contributed by atoms with van der Waals surface area (Å²) in [6.45, 7) is 3.19. The van der Waals surface area contributed by atoms with Crippen LogP contribution in [0.5, 0.6) is 0 Å². The summed E-state index contributed by atoms with van der Waals surface area (Å²) in [5, 5.41) is 4.84. The maximum Gasteiger partial charge on any atom is 0.0702 e. The van der Waals surface area contributed by atoms with Gasteiger partial charge in [0.2, 0.25) is 0 Å². The first-order valence-electron chi connectivity index (χ1n) is 6.95. The SMILES string of the molecule is CCNC(CC1CC1)c1cnc2ccccc2c1. The highest BCUT2D eigenvalue weighted by molar-refractivity contribution is 5.78. The molecule has 0 saturated heterocycles. The second-order valence-electron chi connectivity index (χ2n) is 5.25. The van der Waals surface area contributed by atoms with Crippen molar-refractivity contribution in [3.05, 3.63) is 42.1 Å². The molecule has 1 fully saturated rings. The minimum absolute atomic E-state index is 0.472. The molecule has 2 nitrogen and oxygen atoms in total. The number of hydrogen-bond donors (Lipinski definition) is 1. The van der Waals surface area contributed by atoms with Crippen LogP contribution >= 0.6 is 0 Å². The molecule has 0 aliphatic heterocycles. The summed E-state index contributed by atoms with van der Waals surface area (Å²) < 4.78 is 0. The van der Waals surface area contributed by atoms with Crippen LogP contribution in [0, 0.1) is 5.92 Å². The van der Waals surface area contributed by atoms with Crippen LogP contribution in [0.15, 0.2) is 36.5 Å². The molecule has 0 bridgehead atoms. The van der Waals surface area contributed by atoms with Crippen molar-refractivity contribution in [1.82, 2.24) is 10.3 Å². The third-order valence-corrected chi connectivity index (χ3v) is 3.73. The maximum atomic E-state index is 4.57. The van der Waals surface area contributed by atoms with E-state index in [1.165, 1.54) is 30.2 Å². The molecular weight excluding hydrogens is 220 g/mol. The maximum absolute atomic E-state index is 4.57. The smallest absolute Gasteiger partial charge is 0.0702 e. The van der Waals surface area contributed by atoms with Crippen LogP contribution in [0.1, 0.15) is 37.8 Å². The molecule has 0 radical (unpaired) electrons. The predicted molar refractivity (Wildman–Crippen MR) is 75.5 cm³/mol. The minimum atomic E-state index is 0.472. The molecule has 18 heavy (non-hydrogen) atoms. The van der Waals surface area contributed by atoms with Crippen molar-refractivity contribution >= 4 is 10.9 Å². The van der Waals surface area contributed by atoms with E-state index in [1.807, 2.05) is 12.3 Å². The van der Waals surface area contributed by atoms with E-state index in [-0.39, 0.29) is 0 Å². The quantitative estimate of drug-likeness (QED) is 0.862. The Morgan fingerprint density at radius 1 is 1.33 bits per heavy atom. The molecule has 1 N–H and O–H groups in total. The number of nitrogens with zero attached hydrogens (tertiary/aromatic N) is 1. The second kappa shape index (κ2) is 5.07. The van der Waals surface area contributed by atoms with Crippen LogP contribution < -0.4 is 5.32 Å². The van der Waals surface area contributed by atoms with Gasteiger partial charge in [-0.3, -0.25) is 4.98 Å². The van der Waals surface area contributed by atoms with Gasteiger partial charge in [0, 0.05) is 17.6 Å². The van der Waals surface area contributed by atoms with Gasteiger partial charge in [0.05, 0.1) is 5.52 Å². The average Bonchev–Trinajstić information content (AvgIpc) is 3.22. The second-order valence-corrected chi connectivity index (χ2v) is 5.25. The molecule has 1 aromatic carbocycles. The summed E-state index contributed by atoms with van der Waals surface area (Å²) >= 11 is 0. The summed E-state index contributed by atoms with van der Waals surface area (Å²) in [5.41, 5.74) is 2.42. The molecule has 1 aliphatic carbocycles. The summed E-state index contributed by atoms with van der Waals surface area (Å²) in [4.78, 5) is 4.57. The van der Waals surface area contributed by atoms with Gasteiger partial charge in [-0.15, -0.1) is 0 Å². The number of para-hydroxylation sites is 1. The van der Waals surface area contributed by atoms with Crippen molar-refractivity contribution < 1.29 is 0 Å². The van der Waals surface area contributed by atoms with E-state index in [0.717, 1.165) is 18.0 Å². The first-order valence-corrected chi connectivity index (χ1v) is 6.95. The van der Waals surface area contributed by atoms with Crippen molar-refractivity contribution in [2.24, 2.45) is 5.92 Å². The molecule has 2 aromatic rings. The molecule has 94 valence electrons. The number of benzene rings is 1. The number of rotatable bonds is 5. The lowest BCUT2D eigenvalue weighted by Gasteiger charge is -2.18.